The molecule has 1 aromatic carbocycles. The lowest BCUT2D eigenvalue weighted by molar-refractivity contribution is -0.153. The van der Waals surface area contributed by atoms with Gasteiger partial charge in [-0.1, -0.05) is 19.1 Å². The van der Waals surface area contributed by atoms with Gasteiger partial charge in [0.25, 0.3) is 0 Å². The Morgan fingerprint density at radius 1 is 1.25 bits per heavy atom. The standard InChI is InChI=1S/C11H13F3O2/c1-2-10(15)8-3-5-9(6-4-8)16-7-11(12,13)14/h3-6,10,15H,2,7H2,1H3/t10-/m1/s1. The molecule has 1 N–H and O–H groups in total. The van der Waals surface area contributed by atoms with E-state index in [0.717, 1.165) is 0 Å². The molecule has 1 atom stereocenters. The van der Waals surface area contributed by atoms with Gasteiger partial charge in [0.1, 0.15) is 5.75 Å². The van der Waals surface area contributed by atoms with Crippen LogP contribution in [0.5, 0.6) is 5.75 Å². The minimum Gasteiger partial charge on any atom is -0.484 e. The van der Waals surface area contributed by atoms with E-state index in [9.17, 15) is 18.3 Å². The Bertz CT molecular complexity index is 319. The number of ether oxygens (including phenoxy) is 1. The fourth-order valence-corrected chi connectivity index (χ4v) is 1.19. The molecule has 0 bridgehead atoms. The molecule has 0 heterocycles. The van der Waals surface area contributed by atoms with Crippen LogP contribution in [0.4, 0.5) is 13.2 Å². The van der Waals surface area contributed by atoms with Crippen molar-refractivity contribution in [3.8, 4) is 5.75 Å². The molecule has 0 radical (unpaired) electrons. The average Bonchev–Trinajstić information content (AvgIpc) is 2.25. The average molecular weight is 234 g/mol. The normalized spacial score (nSPS) is 13.6. The Morgan fingerprint density at radius 2 is 1.81 bits per heavy atom. The van der Waals surface area contributed by atoms with Crippen molar-refractivity contribution in [3.63, 3.8) is 0 Å². The predicted octanol–water partition coefficient (Wildman–Crippen LogP) is 3.07. The molecule has 1 aromatic rings. The molecule has 0 amide bonds. The molecular formula is C11H13F3O2. The Labute approximate surface area is 91.7 Å². The third-order valence-electron chi connectivity index (χ3n) is 2.05. The lowest BCUT2D eigenvalue weighted by Crippen LogP contribution is -2.19. The van der Waals surface area contributed by atoms with Gasteiger partial charge in [0.2, 0.25) is 0 Å². The van der Waals surface area contributed by atoms with Crippen molar-refractivity contribution in [1.29, 1.82) is 0 Å². The Kier molecular flexibility index (Phi) is 4.18. The van der Waals surface area contributed by atoms with Gasteiger partial charge in [-0.25, -0.2) is 0 Å². The van der Waals surface area contributed by atoms with Gasteiger partial charge >= 0.3 is 6.18 Å². The van der Waals surface area contributed by atoms with Gasteiger partial charge in [0, 0.05) is 0 Å². The lowest BCUT2D eigenvalue weighted by Gasteiger charge is -2.11. The monoisotopic (exact) mass is 234 g/mol. The molecule has 0 saturated heterocycles. The Morgan fingerprint density at radius 3 is 2.25 bits per heavy atom. The van der Waals surface area contributed by atoms with Gasteiger partial charge in [-0.3, -0.25) is 0 Å². The highest BCUT2D eigenvalue weighted by Gasteiger charge is 2.28. The first-order valence-electron chi connectivity index (χ1n) is 4.90. The van der Waals surface area contributed by atoms with Gasteiger partial charge in [-0.05, 0) is 24.1 Å². The van der Waals surface area contributed by atoms with E-state index < -0.39 is 18.9 Å². The van der Waals surface area contributed by atoms with Gasteiger partial charge in [-0.2, -0.15) is 13.2 Å². The first-order chi connectivity index (χ1) is 7.42. The summed E-state index contributed by atoms with van der Waals surface area (Å²) >= 11 is 0. The lowest BCUT2D eigenvalue weighted by atomic mass is 10.1. The summed E-state index contributed by atoms with van der Waals surface area (Å²) in [7, 11) is 0. The molecule has 0 fully saturated rings. The van der Waals surface area contributed by atoms with Crippen molar-refractivity contribution >= 4 is 0 Å². The van der Waals surface area contributed by atoms with Gasteiger partial charge < -0.3 is 9.84 Å². The molecule has 0 saturated carbocycles. The van der Waals surface area contributed by atoms with Gasteiger partial charge in [0.15, 0.2) is 6.61 Å². The second-order valence-electron chi connectivity index (χ2n) is 3.40. The van der Waals surface area contributed by atoms with E-state index in [4.69, 9.17) is 0 Å². The zero-order chi connectivity index (χ0) is 12.2. The second-order valence-corrected chi connectivity index (χ2v) is 3.40. The summed E-state index contributed by atoms with van der Waals surface area (Å²) in [4.78, 5) is 0. The van der Waals surface area contributed by atoms with E-state index in [0.29, 0.717) is 12.0 Å². The number of benzene rings is 1. The molecule has 16 heavy (non-hydrogen) atoms. The molecule has 1 rings (SSSR count). The summed E-state index contributed by atoms with van der Waals surface area (Å²) in [5, 5.41) is 9.46. The third-order valence-corrected chi connectivity index (χ3v) is 2.05. The van der Waals surface area contributed by atoms with Crippen LogP contribution >= 0.6 is 0 Å². The highest BCUT2D eigenvalue weighted by molar-refractivity contribution is 5.28. The van der Waals surface area contributed by atoms with E-state index in [2.05, 4.69) is 4.74 Å². The summed E-state index contributed by atoms with van der Waals surface area (Å²) in [6.45, 7) is 0.515. The van der Waals surface area contributed by atoms with Crippen LogP contribution < -0.4 is 4.74 Å². The van der Waals surface area contributed by atoms with Crippen molar-refractivity contribution in [2.75, 3.05) is 6.61 Å². The van der Waals surface area contributed by atoms with Crippen molar-refractivity contribution in [2.24, 2.45) is 0 Å². The predicted molar refractivity (Wildman–Crippen MR) is 53.2 cm³/mol. The van der Waals surface area contributed by atoms with Crippen LogP contribution in [0.2, 0.25) is 0 Å². The van der Waals surface area contributed by atoms with Gasteiger partial charge in [-0.15, -0.1) is 0 Å². The van der Waals surface area contributed by atoms with E-state index in [1.54, 1.807) is 12.1 Å². The van der Waals surface area contributed by atoms with Crippen LogP contribution in [-0.4, -0.2) is 17.9 Å². The number of aliphatic hydroxyl groups is 1. The summed E-state index contributed by atoms with van der Waals surface area (Å²) in [5.74, 6) is 0.143. The summed E-state index contributed by atoms with van der Waals surface area (Å²) in [6.07, 6.45) is -4.36. The van der Waals surface area contributed by atoms with Crippen LogP contribution in [0.25, 0.3) is 0 Å². The molecular weight excluding hydrogens is 221 g/mol. The topological polar surface area (TPSA) is 29.5 Å². The third kappa shape index (κ3) is 4.10. The molecule has 90 valence electrons. The molecule has 0 aliphatic rings. The van der Waals surface area contributed by atoms with Crippen molar-refractivity contribution < 1.29 is 23.0 Å². The number of aliphatic hydroxyl groups excluding tert-OH is 1. The SMILES string of the molecule is CC[C@@H](O)c1ccc(OCC(F)(F)F)cc1. The van der Waals surface area contributed by atoms with E-state index in [1.165, 1.54) is 12.1 Å². The number of hydrogen-bond acceptors (Lipinski definition) is 2. The van der Waals surface area contributed by atoms with Crippen molar-refractivity contribution in [2.45, 2.75) is 25.6 Å². The van der Waals surface area contributed by atoms with E-state index >= 15 is 0 Å². The fraction of sp³-hybridized carbons (Fsp3) is 0.455. The van der Waals surface area contributed by atoms with E-state index in [1.807, 2.05) is 6.92 Å². The Balaban J connectivity index is 2.58. The largest absolute Gasteiger partial charge is 0.484 e. The number of alkyl halides is 3. The maximum atomic E-state index is 11.8. The highest BCUT2D eigenvalue weighted by Crippen LogP contribution is 2.22. The summed E-state index contributed by atoms with van der Waals surface area (Å²) < 4.78 is 40.0. The van der Waals surface area contributed by atoms with Crippen LogP contribution in [-0.2, 0) is 0 Å². The van der Waals surface area contributed by atoms with Crippen molar-refractivity contribution in [1.82, 2.24) is 0 Å². The van der Waals surface area contributed by atoms with Gasteiger partial charge in [0.05, 0.1) is 6.10 Å². The molecule has 5 heteroatoms. The first-order valence-corrected chi connectivity index (χ1v) is 4.90. The maximum Gasteiger partial charge on any atom is 0.422 e. The molecule has 2 nitrogen and oxygen atoms in total. The summed E-state index contributed by atoms with van der Waals surface area (Å²) in [6, 6.07) is 5.94. The molecule has 0 spiro atoms. The van der Waals surface area contributed by atoms with Crippen molar-refractivity contribution in [3.05, 3.63) is 29.8 Å². The maximum absolute atomic E-state index is 11.8. The van der Waals surface area contributed by atoms with Crippen LogP contribution in [0, 0.1) is 0 Å². The molecule has 0 aromatic heterocycles. The number of hydrogen-bond donors (Lipinski definition) is 1. The van der Waals surface area contributed by atoms with Crippen LogP contribution in [0.3, 0.4) is 0 Å². The van der Waals surface area contributed by atoms with Crippen LogP contribution in [0.1, 0.15) is 25.0 Å². The number of halogens is 3. The fourth-order valence-electron chi connectivity index (χ4n) is 1.19. The minimum atomic E-state index is -4.33. The molecule has 0 aliphatic carbocycles. The smallest absolute Gasteiger partial charge is 0.422 e. The molecule has 0 unspecified atom stereocenters. The quantitative estimate of drug-likeness (QED) is 0.867. The minimum absolute atomic E-state index is 0.143. The second kappa shape index (κ2) is 5.21. The summed E-state index contributed by atoms with van der Waals surface area (Å²) in [5.41, 5.74) is 0.668. The molecule has 0 aliphatic heterocycles. The zero-order valence-electron chi connectivity index (χ0n) is 8.79. The number of rotatable bonds is 4. The highest BCUT2D eigenvalue weighted by atomic mass is 19.4. The van der Waals surface area contributed by atoms with E-state index in [-0.39, 0.29) is 5.75 Å². The first kappa shape index (κ1) is 12.8. The zero-order valence-corrected chi connectivity index (χ0v) is 8.79. The van der Waals surface area contributed by atoms with Crippen LogP contribution in [0.15, 0.2) is 24.3 Å². The Hall–Kier alpha value is -1.23.